The van der Waals surface area contributed by atoms with Crippen LogP contribution in [0.1, 0.15) is 5.56 Å². The van der Waals surface area contributed by atoms with Crippen molar-refractivity contribution >= 4 is 35.2 Å². The van der Waals surface area contributed by atoms with Crippen LogP contribution < -0.4 is 5.56 Å². The van der Waals surface area contributed by atoms with E-state index in [1.807, 2.05) is 18.2 Å². The molecule has 0 N–H and O–H groups in total. The lowest BCUT2D eigenvalue weighted by Crippen LogP contribution is -2.20. The van der Waals surface area contributed by atoms with Crippen LogP contribution in [0.15, 0.2) is 68.5 Å². The first-order chi connectivity index (χ1) is 11.2. The van der Waals surface area contributed by atoms with Crippen LogP contribution in [0.25, 0.3) is 5.65 Å². The molecule has 0 aliphatic rings. The summed E-state index contributed by atoms with van der Waals surface area (Å²) in [5.74, 6) is 0. The lowest BCUT2D eigenvalue weighted by atomic mass is 10.3. The molecular formula is C16H12ClN3O2S. The molecule has 0 spiro atoms. The van der Waals surface area contributed by atoms with E-state index in [1.54, 1.807) is 30.5 Å². The van der Waals surface area contributed by atoms with Crippen LogP contribution in [-0.2, 0) is 4.84 Å². The van der Waals surface area contributed by atoms with E-state index in [4.69, 9.17) is 16.4 Å². The van der Waals surface area contributed by atoms with Gasteiger partial charge >= 0.3 is 0 Å². The number of rotatable bonds is 4. The molecule has 5 nitrogen and oxygen atoms in total. The molecule has 3 rings (SSSR count). The Morgan fingerprint density at radius 1 is 1.26 bits per heavy atom. The zero-order valence-corrected chi connectivity index (χ0v) is 13.7. The van der Waals surface area contributed by atoms with E-state index in [0.717, 1.165) is 4.90 Å². The Morgan fingerprint density at radius 3 is 2.78 bits per heavy atom. The van der Waals surface area contributed by atoms with Gasteiger partial charge in [-0.2, -0.15) is 0 Å². The van der Waals surface area contributed by atoms with E-state index in [2.05, 4.69) is 10.1 Å². The van der Waals surface area contributed by atoms with Crippen LogP contribution in [0.5, 0.6) is 0 Å². The highest BCUT2D eigenvalue weighted by molar-refractivity contribution is 7.99. The van der Waals surface area contributed by atoms with Gasteiger partial charge in [0.1, 0.15) is 17.8 Å². The second kappa shape index (κ2) is 6.85. The van der Waals surface area contributed by atoms with E-state index in [1.165, 1.54) is 29.5 Å². The average Bonchev–Trinajstić information content (AvgIpc) is 2.57. The lowest BCUT2D eigenvalue weighted by molar-refractivity contribution is 0.215. The molecular weight excluding hydrogens is 334 g/mol. The van der Waals surface area contributed by atoms with Gasteiger partial charge in [-0.15, -0.1) is 0 Å². The maximum absolute atomic E-state index is 12.6. The van der Waals surface area contributed by atoms with Crippen molar-refractivity contribution in [3.05, 3.63) is 69.6 Å². The smallest absolute Gasteiger partial charge is 0.267 e. The number of benzene rings is 1. The maximum atomic E-state index is 12.6. The van der Waals surface area contributed by atoms with Crippen molar-refractivity contribution < 1.29 is 4.84 Å². The molecule has 116 valence electrons. The Bertz CT molecular complexity index is 923. The predicted molar refractivity (Wildman–Crippen MR) is 91.6 cm³/mol. The second-order valence-corrected chi connectivity index (χ2v) is 6.04. The highest BCUT2D eigenvalue weighted by atomic mass is 35.5. The summed E-state index contributed by atoms with van der Waals surface area (Å²) in [6, 6.07) is 12.7. The summed E-state index contributed by atoms with van der Waals surface area (Å²) in [5.41, 5.74) is 0.742. The molecule has 3 aromatic rings. The van der Waals surface area contributed by atoms with Gasteiger partial charge in [0.2, 0.25) is 0 Å². The van der Waals surface area contributed by atoms with E-state index in [0.29, 0.717) is 21.3 Å². The molecule has 0 fully saturated rings. The third-order valence-corrected chi connectivity index (χ3v) is 4.31. The number of pyridine rings is 1. The zero-order chi connectivity index (χ0) is 16.2. The molecule has 0 aliphatic carbocycles. The molecule has 2 aromatic heterocycles. The van der Waals surface area contributed by atoms with Crippen molar-refractivity contribution in [1.29, 1.82) is 0 Å². The number of fused-ring (bicyclic) bond motifs is 1. The van der Waals surface area contributed by atoms with Gasteiger partial charge in [-0.05, 0) is 36.4 Å². The molecule has 0 amide bonds. The lowest BCUT2D eigenvalue weighted by Gasteiger charge is -2.07. The van der Waals surface area contributed by atoms with Crippen LogP contribution in [0.2, 0.25) is 5.02 Å². The largest absolute Gasteiger partial charge is 0.399 e. The Balaban J connectivity index is 2.15. The molecule has 0 saturated carbocycles. The number of hydrogen-bond donors (Lipinski definition) is 0. The number of nitrogens with zero attached hydrogens (tertiary/aromatic N) is 3. The Hall–Kier alpha value is -2.31. The fourth-order valence-corrected chi connectivity index (χ4v) is 3.00. The summed E-state index contributed by atoms with van der Waals surface area (Å²) in [6.45, 7) is 0. The maximum Gasteiger partial charge on any atom is 0.267 e. The minimum atomic E-state index is -0.201. The van der Waals surface area contributed by atoms with Gasteiger partial charge in [0.05, 0.1) is 11.8 Å². The molecule has 2 heterocycles. The molecule has 0 unspecified atom stereocenters. The van der Waals surface area contributed by atoms with Crippen molar-refractivity contribution in [3.63, 3.8) is 0 Å². The van der Waals surface area contributed by atoms with Crippen LogP contribution in [0, 0.1) is 0 Å². The van der Waals surface area contributed by atoms with Gasteiger partial charge in [-0.25, -0.2) is 4.98 Å². The monoisotopic (exact) mass is 345 g/mol. The summed E-state index contributed by atoms with van der Waals surface area (Å²) in [7, 11) is 1.43. The fourth-order valence-electron chi connectivity index (χ4n) is 1.99. The number of oxime groups is 1. The third kappa shape index (κ3) is 3.38. The predicted octanol–water partition coefficient (Wildman–Crippen LogP) is 3.48. The van der Waals surface area contributed by atoms with E-state index in [9.17, 15) is 4.79 Å². The third-order valence-electron chi connectivity index (χ3n) is 3.05. The van der Waals surface area contributed by atoms with E-state index in [-0.39, 0.29) is 5.56 Å². The van der Waals surface area contributed by atoms with Gasteiger partial charge in [0.25, 0.3) is 5.56 Å². The summed E-state index contributed by atoms with van der Waals surface area (Å²) >= 11 is 7.27. The topological polar surface area (TPSA) is 56.0 Å². The minimum Gasteiger partial charge on any atom is -0.399 e. The Morgan fingerprint density at radius 2 is 2.04 bits per heavy atom. The fraction of sp³-hybridized carbons (Fsp3) is 0.0625. The zero-order valence-electron chi connectivity index (χ0n) is 12.1. The summed E-state index contributed by atoms with van der Waals surface area (Å²) in [6.07, 6.45) is 3.05. The van der Waals surface area contributed by atoms with Crippen LogP contribution >= 0.6 is 23.4 Å². The molecule has 23 heavy (non-hydrogen) atoms. The van der Waals surface area contributed by atoms with Crippen LogP contribution in [0.3, 0.4) is 0 Å². The van der Waals surface area contributed by atoms with Crippen LogP contribution in [0.4, 0.5) is 0 Å². The average molecular weight is 346 g/mol. The van der Waals surface area contributed by atoms with Crippen molar-refractivity contribution in [1.82, 2.24) is 9.38 Å². The molecule has 0 aliphatic heterocycles. The van der Waals surface area contributed by atoms with Gasteiger partial charge < -0.3 is 4.84 Å². The number of aromatic nitrogens is 2. The molecule has 7 heteroatoms. The molecule has 0 atom stereocenters. The first-order valence-corrected chi connectivity index (χ1v) is 7.90. The summed E-state index contributed by atoms with van der Waals surface area (Å²) in [5, 5.41) is 4.93. The van der Waals surface area contributed by atoms with Gasteiger partial charge in [-0.1, -0.05) is 34.6 Å². The minimum absolute atomic E-state index is 0.201. The van der Waals surface area contributed by atoms with Crippen molar-refractivity contribution in [3.8, 4) is 0 Å². The Labute approximate surface area is 141 Å². The quantitative estimate of drug-likeness (QED) is 0.412. The molecule has 1 aromatic carbocycles. The normalized spacial score (nSPS) is 11.2. The van der Waals surface area contributed by atoms with Gasteiger partial charge in [-0.3, -0.25) is 9.20 Å². The SMILES string of the molecule is CO/N=C\c1c(Sc2ccc(Cl)cc2)nc2ccccn2c1=O. The second-order valence-electron chi connectivity index (χ2n) is 4.54. The molecule has 0 saturated heterocycles. The van der Waals surface area contributed by atoms with E-state index < -0.39 is 0 Å². The first kappa shape index (κ1) is 15.6. The standard InChI is InChI=1S/C16H12ClN3O2S/c1-22-18-10-13-15(23-12-7-5-11(17)6-8-12)19-14-4-2-3-9-20(14)16(13)21/h2-10H,1H3/b18-10-. The Kier molecular flexibility index (Phi) is 4.64. The number of hydrogen-bond acceptors (Lipinski definition) is 5. The molecule has 0 bridgehead atoms. The van der Waals surface area contributed by atoms with Crippen molar-refractivity contribution in [2.75, 3.05) is 7.11 Å². The number of halogens is 1. The molecule has 0 radical (unpaired) electrons. The van der Waals surface area contributed by atoms with Crippen LogP contribution in [-0.4, -0.2) is 22.7 Å². The van der Waals surface area contributed by atoms with Crippen molar-refractivity contribution in [2.45, 2.75) is 9.92 Å². The van der Waals surface area contributed by atoms with Gasteiger partial charge in [0, 0.05) is 16.1 Å². The summed E-state index contributed by atoms with van der Waals surface area (Å²) in [4.78, 5) is 22.8. The summed E-state index contributed by atoms with van der Waals surface area (Å²) < 4.78 is 1.48. The highest BCUT2D eigenvalue weighted by Gasteiger charge is 2.12. The van der Waals surface area contributed by atoms with E-state index >= 15 is 0 Å². The highest BCUT2D eigenvalue weighted by Crippen LogP contribution is 2.28. The van der Waals surface area contributed by atoms with Gasteiger partial charge in [0.15, 0.2) is 0 Å². The van der Waals surface area contributed by atoms with Crippen molar-refractivity contribution in [2.24, 2.45) is 5.16 Å². The first-order valence-electron chi connectivity index (χ1n) is 6.70.